The van der Waals surface area contributed by atoms with Crippen molar-refractivity contribution in [1.29, 1.82) is 0 Å². The molecule has 0 aromatic heterocycles. The van der Waals surface area contributed by atoms with Gasteiger partial charge in [0.15, 0.2) is 0 Å². The Morgan fingerprint density at radius 2 is 1.73 bits per heavy atom. The molecule has 33 heavy (non-hydrogen) atoms. The predicted octanol–water partition coefficient (Wildman–Crippen LogP) is 6.72. The molecule has 1 heterocycles. The molecule has 0 spiro atoms. The maximum absolute atomic E-state index is 13.0. The SMILES string of the molecule is CC[C@@H](C(=O)Nc1cccc([C@@H]2SCC(=O)N2c2ccc(C(C)C)cc2)c1)c1ccccc1. The number of nitrogens with one attached hydrogen (secondary N) is 1. The topological polar surface area (TPSA) is 49.4 Å². The zero-order valence-electron chi connectivity index (χ0n) is 19.3. The van der Waals surface area contributed by atoms with E-state index in [1.165, 1.54) is 5.56 Å². The van der Waals surface area contributed by atoms with Gasteiger partial charge in [-0.3, -0.25) is 14.5 Å². The van der Waals surface area contributed by atoms with Crippen LogP contribution in [0.2, 0.25) is 0 Å². The quantitative estimate of drug-likeness (QED) is 0.427. The molecule has 3 aromatic carbocycles. The standard InChI is InChI=1S/C28H30N2O2S/c1-4-25(21-9-6-5-7-10-21)27(32)29-23-12-8-11-22(17-23)28-30(26(31)18-33-28)24-15-13-20(14-16-24)19(2)3/h5-17,19,25,28H,4,18H2,1-3H3,(H,29,32)/t25-,28+/m1/s1. The zero-order valence-corrected chi connectivity index (χ0v) is 20.1. The smallest absolute Gasteiger partial charge is 0.238 e. The minimum absolute atomic E-state index is 0.0165. The van der Waals surface area contributed by atoms with Crippen LogP contribution in [0.1, 0.15) is 61.1 Å². The lowest BCUT2D eigenvalue weighted by Gasteiger charge is -2.25. The molecule has 3 aromatic rings. The van der Waals surface area contributed by atoms with Gasteiger partial charge in [0.1, 0.15) is 5.37 Å². The molecule has 1 N–H and O–H groups in total. The van der Waals surface area contributed by atoms with Gasteiger partial charge >= 0.3 is 0 Å². The van der Waals surface area contributed by atoms with Crippen LogP contribution in [-0.2, 0) is 9.59 Å². The third-order valence-electron chi connectivity index (χ3n) is 6.07. The lowest BCUT2D eigenvalue weighted by molar-refractivity contribution is -0.118. The van der Waals surface area contributed by atoms with Crippen LogP contribution in [0.25, 0.3) is 0 Å². The summed E-state index contributed by atoms with van der Waals surface area (Å²) in [6.07, 6.45) is 0.725. The maximum Gasteiger partial charge on any atom is 0.238 e. The van der Waals surface area contributed by atoms with Crippen LogP contribution in [0.15, 0.2) is 78.9 Å². The molecule has 1 fully saturated rings. The molecule has 0 radical (unpaired) electrons. The van der Waals surface area contributed by atoms with Crippen LogP contribution in [0, 0.1) is 0 Å². The van der Waals surface area contributed by atoms with E-state index in [1.807, 2.05) is 78.6 Å². The summed E-state index contributed by atoms with van der Waals surface area (Å²) in [7, 11) is 0. The molecular formula is C28H30N2O2S. The van der Waals surface area contributed by atoms with Gasteiger partial charge in [0.2, 0.25) is 11.8 Å². The molecule has 2 atom stereocenters. The minimum atomic E-state index is -0.201. The fourth-order valence-corrected chi connectivity index (χ4v) is 5.39. The monoisotopic (exact) mass is 458 g/mol. The van der Waals surface area contributed by atoms with Crippen LogP contribution in [0.5, 0.6) is 0 Å². The molecule has 0 aliphatic carbocycles. The lowest BCUT2D eigenvalue weighted by Crippen LogP contribution is -2.28. The summed E-state index contributed by atoms with van der Waals surface area (Å²) in [4.78, 5) is 27.7. The van der Waals surface area contributed by atoms with E-state index in [-0.39, 0.29) is 23.1 Å². The average Bonchev–Trinajstić information content (AvgIpc) is 3.22. The van der Waals surface area contributed by atoms with E-state index in [1.54, 1.807) is 11.8 Å². The van der Waals surface area contributed by atoms with Crippen LogP contribution in [-0.4, -0.2) is 17.6 Å². The third-order valence-corrected chi connectivity index (χ3v) is 7.28. The summed E-state index contributed by atoms with van der Waals surface area (Å²) in [5.74, 6) is 0.776. The van der Waals surface area contributed by atoms with Crippen LogP contribution >= 0.6 is 11.8 Å². The number of carbonyl (C=O) groups is 2. The number of rotatable bonds is 7. The van der Waals surface area contributed by atoms with Crippen LogP contribution in [0.3, 0.4) is 0 Å². The predicted molar refractivity (Wildman–Crippen MR) is 138 cm³/mol. The van der Waals surface area contributed by atoms with Gasteiger partial charge in [-0.25, -0.2) is 0 Å². The first-order valence-corrected chi connectivity index (χ1v) is 12.5. The van der Waals surface area contributed by atoms with E-state index in [4.69, 9.17) is 0 Å². The third kappa shape index (κ3) is 5.14. The highest BCUT2D eigenvalue weighted by Crippen LogP contribution is 2.42. The Labute approximate surface area is 200 Å². The molecule has 5 heteroatoms. The molecule has 0 saturated carbocycles. The molecule has 2 amide bonds. The second-order valence-electron chi connectivity index (χ2n) is 8.66. The summed E-state index contributed by atoms with van der Waals surface area (Å²) in [5, 5.41) is 2.97. The fourth-order valence-electron chi connectivity index (χ4n) is 4.23. The van der Waals surface area contributed by atoms with Gasteiger partial charge in [-0.15, -0.1) is 11.8 Å². The van der Waals surface area contributed by atoms with E-state index < -0.39 is 0 Å². The first kappa shape index (κ1) is 23.1. The van der Waals surface area contributed by atoms with Crippen molar-refractivity contribution in [1.82, 2.24) is 0 Å². The Morgan fingerprint density at radius 1 is 1.00 bits per heavy atom. The van der Waals surface area contributed by atoms with Crippen molar-refractivity contribution < 1.29 is 9.59 Å². The van der Waals surface area contributed by atoms with Gasteiger partial charge in [0.05, 0.1) is 11.7 Å². The Kier molecular flexibility index (Phi) is 7.19. The second-order valence-corrected chi connectivity index (χ2v) is 9.73. The van der Waals surface area contributed by atoms with Gasteiger partial charge in [-0.2, -0.15) is 0 Å². The number of benzene rings is 3. The normalized spacial score (nSPS) is 16.8. The molecule has 1 aliphatic heterocycles. The molecular weight excluding hydrogens is 428 g/mol. The van der Waals surface area contributed by atoms with Gasteiger partial charge < -0.3 is 5.32 Å². The Bertz CT molecular complexity index is 1110. The highest BCUT2D eigenvalue weighted by Gasteiger charge is 2.34. The van der Waals surface area contributed by atoms with Crippen molar-refractivity contribution in [2.45, 2.75) is 44.4 Å². The number of thioether (sulfide) groups is 1. The van der Waals surface area contributed by atoms with Crippen LogP contribution in [0.4, 0.5) is 11.4 Å². The van der Waals surface area contributed by atoms with Gasteiger partial charge in [-0.05, 0) is 53.3 Å². The first-order valence-electron chi connectivity index (χ1n) is 11.5. The van der Waals surface area contributed by atoms with Crippen molar-refractivity contribution in [2.75, 3.05) is 16.0 Å². The van der Waals surface area contributed by atoms with E-state index in [2.05, 4.69) is 31.3 Å². The maximum atomic E-state index is 13.0. The van der Waals surface area contributed by atoms with Gasteiger partial charge in [0, 0.05) is 11.4 Å². The van der Waals surface area contributed by atoms with Gasteiger partial charge in [-0.1, -0.05) is 75.4 Å². The zero-order chi connectivity index (χ0) is 23.4. The Balaban J connectivity index is 1.55. The molecule has 4 rings (SSSR count). The van der Waals surface area contributed by atoms with Crippen molar-refractivity contribution in [3.63, 3.8) is 0 Å². The Morgan fingerprint density at radius 3 is 2.39 bits per heavy atom. The van der Waals surface area contributed by atoms with Gasteiger partial charge in [0.25, 0.3) is 0 Å². The summed E-state index contributed by atoms with van der Waals surface area (Å²) in [6.45, 7) is 6.35. The minimum Gasteiger partial charge on any atom is -0.326 e. The van der Waals surface area contributed by atoms with E-state index in [0.717, 1.165) is 28.9 Å². The van der Waals surface area contributed by atoms with Crippen molar-refractivity contribution in [2.24, 2.45) is 0 Å². The number of hydrogen-bond donors (Lipinski definition) is 1. The number of nitrogens with zero attached hydrogens (tertiary/aromatic N) is 1. The molecule has 0 unspecified atom stereocenters. The molecule has 170 valence electrons. The number of carbonyl (C=O) groups excluding carboxylic acids is 2. The van der Waals surface area contributed by atoms with Crippen LogP contribution < -0.4 is 10.2 Å². The lowest BCUT2D eigenvalue weighted by atomic mass is 9.95. The summed E-state index contributed by atoms with van der Waals surface area (Å²) in [6, 6.07) is 26.0. The summed E-state index contributed by atoms with van der Waals surface area (Å²) < 4.78 is 0. The molecule has 4 nitrogen and oxygen atoms in total. The van der Waals surface area contributed by atoms with E-state index in [9.17, 15) is 9.59 Å². The average molecular weight is 459 g/mol. The summed E-state index contributed by atoms with van der Waals surface area (Å²) in [5.41, 5.74) is 4.93. The van der Waals surface area contributed by atoms with E-state index in [0.29, 0.717) is 11.7 Å². The molecule has 1 aliphatic rings. The van der Waals surface area contributed by atoms with Crippen molar-refractivity contribution >= 4 is 35.0 Å². The number of anilines is 2. The highest BCUT2D eigenvalue weighted by molar-refractivity contribution is 8.00. The fraction of sp³-hybridized carbons (Fsp3) is 0.286. The molecule has 0 bridgehead atoms. The second kappa shape index (κ2) is 10.3. The number of hydrogen-bond acceptors (Lipinski definition) is 3. The van der Waals surface area contributed by atoms with E-state index >= 15 is 0 Å². The molecule has 1 saturated heterocycles. The number of amides is 2. The highest BCUT2D eigenvalue weighted by atomic mass is 32.2. The van der Waals surface area contributed by atoms with Crippen molar-refractivity contribution in [3.8, 4) is 0 Å². The van der Waals surface area contributed by atoms with Crippen molar-refractivity contribution in [3.05, 3.63) is 95.6 Å². The first-order chi connectivity index (χ1) is 16.0. The largest absolute Gasteiger partial charge is 0.326 e. The summed E-state index contributed by atoms with van der Waals surface area (Å²) >= 11 is 1.62. The Hall–Kier alpha value is -3.05.